The van der Waals surface area contributed by atoms with Crippen LogP contribution in [-0.2, 0) is 18.3 Å². The summed E-state index contributed by atoms with van der Waals surface area (Å²) < 4.78 is 7.23. The van der Waals surface area contributed by atoms with Crippen LogP contribution in [0.2, 0.25) is 0 Å². The standard InChI is InChI=1S/C18H24N4O2.ClH/c1-21-10-9-20-18(21)16-13-19-8-11-22(16)17(23)7-6-14-4-3-5-15(12-14)24-2;/h3-5,9-10,12,16,19H,6-8,11,13H2,1-2H3;1H. The van der Waals surface area contributed by atoms with Gasteiger partial charge in [0.05, 0.1) is 7.11 Å². The highest BCUT2D eigenvalue weighted by molar-refractivity contribution is 5.85. The number of ether oxygens (including phenoxy) is 1. The number of imidazole rings is 1. The number of amides is 1. The molecule has 25 heavy (non-hydrogen) atoms. The number of hydrogen-bond acceptors (Lipinski definition) is 4. The summed E-state index contributed by atoms with van der Waals surface area (Å²) in [5, 5.41) is 3.36. The molecule has 1 aliphatic heterocycles. The largest absolute Gasteiger partial charge is 0.497 e. The molecule has 7 heteroatoms. The number of nitrogens with one attached hydrogen (secondary N) is 1. The van der Waals surface area contributed by atoms with Gasteiger partial charge in [0, 0.05) is 45.5 Å². The number of halogens is 1. The molecular formula is C18H25ClN4O2. The first-order chi connectivity index (χ1) is 11.7. The molecule has 0 bridgehead atoms. The van der Waals surface area contributed by atoms with Gasteiger partial charge in [-0.25, -0.2) is 4.98 Å². The summed E-state index contributed by atoms with van der Waals surface area (Å²) in [5.74, 6) is 1.93. The molecular weight excluding hydrogens is 340 g/mol. The van der Waals surface area contributed by atoms with E-state index in [2.05, 4.69) is 10.3 Å². The zero-order valence-electron chi connectivity index (χ0n) is 14.6. The van der Waals surface area contributed by atoms with Gasteiger partial charge >= 0.3 is 0 Å². The molecule has 0 saturated carbocycles. The Morgan fingerprint density at radius 3 is 3.00 bits per heavy atom. The van der Waals surface area contributed by atoms with Crippen molar-refractivity contribution in [3.05, 3.63) is 48.0 Å². The van der Waals surface area contributed by atoms with Crippen molar-refractivity contribution in [2.45, 2.75) is 18.9 Å². The van der Waals surface area contributed by atoms with Crippen molar-refractivity contribution in [2.24, 2.45) is 7.05 Å². The van der Waals surface area contributed by atoms with Crippen LogP contribution in [-0.4, -0.2) is 47.1 Å². The molecule has 1 N–H and O–H groups in total. The summed E-state index contributed by atoms with van der Waals surface area (Å²) in [6, 6.07) is 7.89. The molecule has 1 aromatic carbocycles. The third-order valence-corrected chi connectivity index (χ3v) is 4.48. The third kappa shape index (κ3) is 4.52. The zero-order chi connectivity index (χ0) is 16.9. The Morgan fingerprint density at radius 1 is 1.44 bits per heavy atom. The number of methoxy groups -OCH3 is 1. The Labute approximate surface area is 154 Å². The van der Waals surface area contributed by atoms with E-state index in [0.717, 1.165) is 30.2 Å². The quantitative estimate of drug-likeness (QED) is 0.881. The zero-order valence-corrected chi connectivity index (χ0v) is 15.5. The lowest BCUT2D eigenvalue weighted by atomic mass is 10.1. The first-order valence-corrected chi connectivity index (χ1v) is 8.29. The van der Waals surface area contributed by atoms with E-state index in [1.165, 1.54) is 0 Å². The molecule has 0 aliphatic carbocycles. The van der Waals surface area contributed by atoms with E-state index in [0.29, 0.717) is 19.4 Å². The lowest BCUT2D eigenvalue weighted by molar-refractivity contribution is -0.134. The maximum atomic E-state index is 12.8. The molecule has 2 aromatic rings. The number of rotatable bonds is 5. The van der Waals surface area contributed by atoms with Crippen LogP contribution >= 0.6 is 12.4 Å². The highest BCUT2D eigenvalue weighted by atomic mass is 35.5. The van der Waals surface area contributed by atoms with Crippen LogP contribution in [0, 0.1) is 0 Å². The molecule has 0 spiro atoms. The lowest BCUT2D eigenvalue weighted by Gasteiger charge is -2.35. The second-order valence-corrected chi connectivity index (χ2v) is 6.05. The molecule has 1 fully saturated rings. The fraction of sp³-hybridized carbons (Fsp3) is 0.444. The predicted molar refractivity (Wildman–Crippen MR) is 99.1 cm³/mol. The summed E-state index contributed by atoms with van der Waals surface area (Å²) >= 11 is 0. The van der Waals surface area contributed by atoms with Gasteiger partial charge < -0.3 is 19.5 Å². The van der Waals surface area contributed by atoms with Crippen LogP contribution in [0.25, 0.3) is 0 Å². The molecule has 1 saturated heterocycles. The molecule has 1 aliphatic rings. The Bertz CT molecular complexity index is 704. The highest BCUT2D eigenvalue weighted by Gasteiger charge is 2.29. The summed E-state index contributed by atoms with van der Waals surface area (Å²) in [6.07, 6.45) is 4.91. The Balaban J connectivity index is 0.00000225. The van der Waals surface area contributed by atoms with Crippen LogP contribution in [0.15, 0.2) is 36.7 Å². The van der Waals surface area contributed by atoms with Crippen molar-refractivity contribution < 1.29 is 9.53 Å². The maximum absolute atomic E-state index is 12.8. The van der Waals surface area contributed by atoms with E-state index in [9.17, 15) is 4.79 Å². The van der Waals surface area contributed by atoms with Crippen LogP contribution in [0.1, 0.15) is 23.9 Å². The number of nitrogens with zero attached hydrogens (tertiary/aromatic N) is 3. The summed E-state index contributed by atoms with van der Waals surface area (Å²) in [6.45, 7) is 2.29. The van der Waals surface area contributed by atoms with Gasteiger partial charge in [-0.2, -0.15) is 0 Å². The number of benzene rings is 1. The van der Waals surface area contributed by atoms with Crippen LogP contribution in [0.4, 0.5) is 0 Å². The minimum atomic E-state index is -0.00319. The number of carbonyl (C=O) groups is 1. The normalized spacial score (nSPS) is 17.0. The van der Waals surface area contributed by atoms with Crippen molar-refractivity contribution in [1.82, 2.24) is 19.8 Å². The van der Waals surface area contributed by atoms with E-state index in [-0.39, 0.29) is 24.4 Å². The number of piperazine rings is 1. The average Bonchev–Trinajstić information content (AvgIpc) is 3.05. The molecule has 1 aromatic heterocycles. The minimum absolute atomic E-state index is 0. The van der Waals surface area contributed by atoms with E-state index in [1.54, 1.807) is 13.3 Å². The van der Waals surface area contributed by atoms with Gasteiger partial charge in [0.15, 0.2) is 0 Å². The Kier molecular flexibility index (Phi) is 6.84. The first kappa shape index (κ1) is 19.3. The van der Waals surface area contributed by atoms with Gasteiger partial charge in [0.25, 0.3) is 0 Å². The number of aromatic nitrogens is 2. The lowest BCUT2D eigenvalue weighted by Crippen LogP contribution is -2.49. The van der Waals surface area contributed by atoms with Gasteiger partial charge in [-0.1, -0.05) is 12.1 Å². The number of carbonyl (C=O) groups excluding carboxylic acids is 1. The fourth-order valence-corrected chi connectivity index (χ4v) is 3.15. The van der Waals surface area contributed by atoms with E-state index in [1.807, 2.05) is 47.0 Å². The van der Waals surface area contributed by atoms with Gasteiger partial charge in [-0.05, 0) is 24.1 Å². The van der Waals surface area contributed by atoms with Crippen molar-refractivity contribution >= 4 is 18.3 Å². The molecule has 136 valence electrons. The van der Waals surface area contributed by atoms with Crippen molar-refractivity contribution in [3.8, 4) is 5.75 Å². The van der Waals surface area contributed by atoms with E-state index >= 15 is 0 Å². The molecule has 1 amide bonds. The van der Waals surface area contributed by atoms with E-state index in [4.69, 9.17) is 4.74 Å². The van der Waals surface area contributed by atoms with Crippen LogP contribution in [0.3, 0.4) is 0 Å². The molecule has 2 heterocycles. The smallest absolute Gasteiger partial charge is 0.223 e. The molecule has 0 radical (unpaired) electrons. The summed E-state index contributed by atoms with van der Waals surface area (Å²) in [7, 11) is 3.62. The van der Waals surface area contributed by atoms with Gasteiger partial charge in [0.1, 0.15) is 17.6 Å². The van der Waals surface area contributed by atoms with E-state index < -0.39 is 0 Å². The van der Waals surface area contributed by atoms with Crippen molar-refractivity contribution in [1.29, 1.82) is 0 Å². The highest BCUT2D eigenvalue weighted by Crippen LogP contribution is 2.22. The Morgan fingerprint density at radius 2 is 2.28 bits per heavy atom. The first-order valence-electron chi connectivity index (χ1n) is 8.29. The van der Waals surface area contributed by atoms with Crippen molar-refractivity contribution in [3.63, 3.8) is 0 Å². The van der Waals surface area contributed by atoms with Crippen molar-refractivity contribution in [2.75, 3.05) is 26.7 Å². The van der Waals surface area contributed by atoms with Gasteiger partial charge in [-0.15, -0.1) is 12.4 Å². The minimum Gasteiger partial charge on any atom is -0.497 e. The molecule has 1 atom stereocenters. The fourth-order valence-electron chi connectivity index (χ4n) is 3.15. The predicted octanol–water partition coefficient (Wildman–Crippen LogP) is 1.96. The van der Waals surface area contributed by atoms with Gasteiger partial charge in [0.2, 0.25) is 5.91 Å². The second kappa shape index (κ2) is 8.87. The monoisotopic (exact) mass is 364 g/mol. The van der Waals surface area contributed by atoms with Crippen LogP contribution in [0.5, 0.6) is 5.75 Å². The number of hydrogen-bond donors (Lipinski definition) is 1. The summed E-state index contributed by atoms with van der Waals surface area (Å²) in [4.78, 5) is 19.2. The third-order valence-electron chi connectivity index (χ3n) is 4.48. The SMILES string of the molecule is COc1cccc(CCC(=O)N2CCNCC2c2nccn2C)c1.Cl. The summed E-state index contributed by atoms with van der Waals surface area (Å²) in [5.41, 5.74) is 1.12. The topological polar surface area (TPSA) is 59.4 Å². The number of aryl methyl sites for hydroxylation is 2. The molecule has 3 rings (SSSR count). The molecule has 1 unspecified atom stereocenters. The average molecular weight is 365 g/mol. The maximum Gasteiger partial charge on any atom is 0.223 e. The molecule has 6 nitrogen and oxygen atoms in total. The van der Waals surface area contributed by atoms with Crippen LogP contribution < -0.4 is 10.1 Å². The second-order valence-electron chi connectivity index (χ2n) is 6.05. The Hall–Kier alpha value is -2.05. The van der Waals surface area contributed by atoms with Gasteiger partial charge in [-0.3, -0.25) is 4.79 Å².